The van der Waals surface area contributed by atoms with Gasteiger partial charge < -0.3 is 0 Å². The Balaban J connectivity index is -0.000000230. The van der Waals surface area contributed by atoms with E-state index in [1.165, 1.54) is 9.80 Å². The summed E-state index contributed by atoms with van der Waals surface area (Å²) < 4.78 is 49.3. The summed E-state index contributed by atoms with van der Waals surface area (Å²) in [6.45, 7) is 25.9. The minimum absolute atomic E-state index is 0.651. The molecular weight excluding hydrogens is 412 g/mol. The fourth-order valence-corrected chi connectivity index (χ4v) is 3.12. The van der Waals surface area contributed by atoms with E-state index in [9.17, 15) is 0 Å². The third-order valence-corrected chi connectivity index (χ3v) is 3.89. The van der Waals surface area contributed by atoms with Crippen LogP contribution in [0, 0.1) is 33.3 Å². The Hall–Kier alpha value is -1.83. The van der Waals surface area contributed by atoms with Crippen molar-refractivity contribution in [3.8, 4) is 0 Å². The van der Waals surface area contributed by atoms with E-state index < -0.39 is 0 Å². The van der Waals surface area contributed by atoms with Gasteiger partial charge in [0.25, 0.3) is 0 Å². The Morgan fingerprint density at radius 2 is 1.48 bits per heavy atom. The van der Waals surface area contributed by atoms with Crippen LogP contribution in [0.5, 0.6) is 0 Å². The van der Waals surface area contributed by atoms with Crippen LogP contribution in [-0.4, -0.2) is 17.8 Å². The van der Waals surface area contributed by atoms with Crippen molar-refractivity contribution in [2.75, 3.05) is 13.2 Å². The van der Waals surface area contributed by atoms with Crippen LogP contribution in [0.15, 0.2) is 45.9 Å². The Kier molecular flexibility index (Phi) is 35.2. The maximum absolute atomic E-state index is 7.50. The molecule has 0 aromatic heterocycles. The maximum atomic E-state index is 7.50. The molecule has 0 spiro atoms. The molecule has 1 aromatic rings. The second kappa shape index (κ2) is 29.0. The molecule has 0 N–H and O–H groups in total. The summed E-state index contributed by atoms with van der Waals surface area (Å²) in [5, 5.41) is 0. The predicted molar refractivity (Wildman–Crippen MR) is 86.2 cm³/mol. The molecule has 1 heterocycles. The molecule has 2 rings (SSSR count). The minimum atomic E-state index is 0.651. The van der Waals surface area contributed by atoms with Gasteiger partial charge in [0.05, 0.1) is 0 Å². The van der Waals surface area contributed by atoms with Crippen LogP contribution in [0.1, 0.15) is 13.3 Å². The van der Waals surface area contributed by atoms with Gasteiger partial charge in [0.2, 0.25) is 0 Å². The molecule has 0 aliphatic carbocycles. The molecule has 0 fully saturated rings. The molecule has 0 radical (unpaired) electrons. The first-order chi connectivity index (χ1) is 13.3. The standard InChI is InChI=1S/C13H14O2S.5CO.Cr/c1-2-14-10-12-13(8-9-15-12)16-11-6-4-3-5-7-11;5*1-2;/h3-7H,2,8-9H2,1H3;;;;;;. The van der Waals surface area contributed by atoms with Crippen LogP contribution in [0.4, 0.5) is 0 Å². The molecule has 0 amide bonds. The van der Waals surface area contributed by atoms with Crippen LogP contribution in [0.25, 0.3) is 0 Å². The van der Waals surface area contributed by atoms with E-state index in [0.717, 1.165) is 23.4 Å². The molecule has 140 valence electrons. The molecule has 0 saturated carbocycles. The Bertz CT molecular complexity index is 596. The van der Waals surface area contributed by atoms with Gasteiger partial charge in [0.1, 0.15) is 0 Å². The number of ether oxygens (including phenoxy) is 2. The topological polar surface area (TPSA) is 118 Å². The molecule has 0 bridgehead atoms. The Labute approximate surface area is 170 Å². The number of hydrogen-bond donors (Lipinski definition) is 0. The Morgan fingerprint density at radius 3 is 1.93 bits per heavy atom. The normalized spacial score (nSPS) is 9.74. The zero-order valence-corrected chi connectivity index (χ0v) is 16.3. The van der Waals surface area contributed by atoms with Crippen LogP contribution in [-0.2, 0) is 48.6 Å². The molecule has 1 aromatic carbocycles. The van der Waals surface area contributed by atoms with Crippen molar-refractivity contribution in [1.82, 2.24) is 0 Å². The van der Waals surface area contributed by atoms with Crippen molar-refractivity contribution in [1.29, 1.82) is 0 Å². The van der Waals surface area contributed by atoms with Gasteiger partial charge in [-0.3, -0.25) is 0 Å². The van der Waals surface area contributed by atoms with Gasteiger partial charge in [-0.05, 0) is 0 Å². The number of thioether (sulfide) groups is 1. The van der Waals surface area contributed by atoms with E-state index in [2.05, 4.69) is 61.2 Å². The molecule has 27 heavy (non-hydrogen) atoms. The van der Waals surface area contributed by atoms with Crippen molar-refractivity contribution < 1.29 is 48.6 Å². The van der Waals surface area contributed by atoms with E-state index in [1.54, 1.807) is 11.8 Å². The molecule has 0 saturated heterocycles. The molecule has 1 aliphatic heterocycles. The van der Waals surface area contributed by atoms with Crippen molar-refractivity contribution in [2.24, 2.45) is 0 Å². The average Bonchev–Trinajstić information content (AvgIpc) is 3.24. The first-order valence-corrected chi connectivity index (χ1v) is 8.04. The van der Waals surface area contributed by atoms with E-state index in [4.69, 9.17) is 32.7 Å². The van der Waals surface area contributed by atoms with Crippen molar-refractivity contribution in [3.63, 3.8) is 0 Å². The summed E-state index contributed by atoms with van der Waals surface area (Å²) in [6.07, 6.45) is 0.952. The van der Waals surface area contributed by atoms with Crippen LogP contribution in [0.2, 0.25) is 0 Å². The van der Waals surface area contributed by atoms with Crippen molar-refractivity contribution >= 4 is 16.3 Å². The predicted octanol–water partition coefficient (Wildman–Crippen LogP) is 2.94. The molecule has 7 nitrogen and oxygen atoms in total. The van der Waals surface area contributed by atoms with Crippen LogP contribution < -0.4 is 0 Å². The molecular formula is C18H14CrO7S. The Morgan fingerprint density at radius 1 is 1.00 bits per heavy atom. The SMILES string of the molecule is CCO[C](=[Cr])C1=C(Sc2ccccc2)CCO1.[C-]#[O+].[C-]#[O+].[C-]#[O+].[C-]#[O+].[C-]#[O+]. The first kappa shape index (κ1) is 32.8. The van der Waals surface area contributed by atoms with E-state index >= 15 is 0 Å². The third-order valence-electron chi connectivity index (χ3n) is 2.27. The second-order valence-corrected chi connectivity index (χ2v) is 5.23. The summed E-state index contributed by atoms with van der Waals surface area (Å²) in [4.78, 5) is 2.47. The number of rotatable bonds is 5. The summed E-state index contributed by atoms with van der Waals surface area (Å²) >= 11 is 4.68. The van der Waals surface area contributed by atoms with Gasteiger partial charge in [0, 0.05) is 0 Å². The van der Waals surface area contributed by atoms with E-state index in [1.807, 2.05) is 25.1 Å². The number of benzene rings is 1. The van der Waals surface area contributed by atoms with Gasteiger partial charge in [-0.25, -0.2) is 0 Å². The second-order valence-electron chi connectivity index (χ2n) is 3.49. The average molecular weight is 426 g/mol. The number of hydrogen-bond acceptors (Lipinski definition) is 3. The van der Waals surface area contributed by atoms with Crippen molar-refractivity contribution in [2.45, 2.75) is 18.2 Å². The summed E-state index contributed by atoms with van der Waals surface area (Å²) in [6, 6.07) is 10.3. The molecule has 0 atom stereocenters. The molecule has 1 aliphatic rings. The van der Waals surface area contributed by atoms with Crippen molar-refractivity contribution in [3.05, 3.63) is 74.2 Å². The van der Waals surface area contributed by atoms with Gasteiger partial charge in [-0.1, -0.05) is 0 Å². The van der Waals surface area contributed by atoms with E-state index in [0.29, 0.717) is 6.61 Å². The monoisotopic (exact) mass is 426 g/mol. The zero-order chi connectivity index (χ0) is 22.1. The summed E-state index contributed by atoms with van der Waals surface area (Å²) in [7, 11) is 0. The van der Waals surface area contributed by atoms with Crippen LogP contribution >= 0.6 is 11.8 Å². The fourth-order valence-electron chi connectivity index (χ4n) is 1.54. The first-order valence-electron chi connectivity index (χ1n) is 6.59. The van der Waals surface area contributed by atoms with E-state index in [-0.39, 0.29) is 0 Å². The zero-order valence-electron chi connectivity index (χ0n) is 14.2. The van der Waals surface area contributed by atoms with Gasteiger partial charge >= 0.3 is 171 Å². The quantitative estimate of drug-likeness (QED) is 0.532. The summed E-state index contributed by atoms with van der Waals surface area (Å²) in [5.74, 6) is 0.876. The fraction of sp³-hybridized carbons (Fsp3) is 0.222. The van der Waals surface area contributed by atoms with Gasteiger partial charge in [-0.2, -0.15) is 0 Å². The molecule has 9 heteroatoms. The van der Waals surface area contributed by atoms with Gasteiger partial charge in [-0.15, -0.1) is 0 Å². The molecule has 0 unspecified atom stereocenters. The van der Waals surface area contributed by atoms with Crippen LogP contribution in [0.3, 0.4) is 0 Å². The third kappa shape index (κ3) is 16.1. The van der Waals surface area contributed by atoms with Gasteiger partial charge in [0.15, 0.2) is 0 Å². The summed E-state index contributed by atoms with van der Waals surface area (Å²) in [5.41, 5.74) is 0.